The van der Waals surface area contributed by atoms with Gasteiger partial charge in [-0.05, 0) is 30.5 Å². The Hall–Kier alpha value is -2.60. The zero-order chi connectivity index (χ0) is 18.1. The largest absolute Gasteiger partial charge is 0.453 e. The Kier molecular flexibility index (Phi) is 4.51. The lowest BCUT2D eigenvalue weighted by Crippen LogP contribution is -2.47. The van der Waals surface area contributed by atoms with Gasteiger partial charge in [0.15, 0.2) is 5.76 Å². The Morgan fingerprint density at radius 2 is 1.92 bits per heavy atom. The molecule has 2 amide bonds. The zero-order valence-electron chi connectivity index (χ0n) is 14.5. The number of benzene rings is 1. The minimum Gasteiger partial charge on any atom is -0.453 e. The Labute approximate surface area is 152 Å². The van der Waals surface area contributed by atoms with E-state index < -0.39 is 0 Å². The minimum absolute atomic E-state index is 0.0256. The number of rotatable bonds is 4. The van der Waals surface area contributed by atoms with E-state index in [9.17, 15) is 9.59 Å². The molecule has 2 aromatic rings. The van der Waals surface area contributed by atoms with Crippen molar-refractivity contribution in [3.63, 3.8) is 0 Å². The van der Waals surface area contributed by atoms with Crippen LogP contribution in [0.2, 0.25) is 0 Å². The van der Waals surface area contributed by atoms with Crippen LogP contribution in [0.15, 0.2) is 46.9 Å². The van der Waals surface area contributed by atoms with Gasteiger partial charge in [0.2, 0.25) is 5.91 Å². The highest BCUT2D eigenvalue weighted by Crippen LogP contribution is 2.31. The predicted molar refractivity (Wildman–Crippen MR) is 94.0 cm³/mol. The smallest absolute Gasteiger partial charge is 0.289 e. The van der Waals surface area contributed by atoms with E-state index in [1.54, 1.807) is 17.0 Å². The summed E-state index contributed by atoms with van der Waals surface area (Å²) in [5.41, 5.74) is 1.10. The highest BCUT2D eigenvalue weighted by molar-refractivity contribution is 5.92. The van der Waals surface area contributed by atoms with Crippen LogP contribution in [-0.4, -0.2) is 45.9 Å². The number of carbonyl (C=O) groups is 2. The van der Waals surface area contributed by atoms with Gasteiger partial charge in [-0.15, -0.1) is 0 Å². The number of nitrogens with zero attached hydrogens (tertiary/aromatic N) is 2. The van der Waals surface area contributed by atoms with E-state index in [0.29, 0.717) is 25.4 Å². The summed E-state index contributed by atoms with van der Waals surface area (Å²) in [7, 11) is 0. The molecule has 3 aliphatic heterocycles. The summed E-state index contributed by atoms with van der Waals surface area (Å²) in [5, 5.41) is 9.12. The van der Waals surface area contributed by atoms with Gasteiger partial charge in [0.1, 0.15) is 12.4 Å². The maximum Gasteiger partial charge on any atom is 0.289 e. The lowest BCUT2D eigenvalue weighted by molar-refractivity contribution is -0.140. The minimum atomic E-state index is -0.234. The standard InChI is InChI=1S/C20H22N2O4/c23-13-17-8-9-18(26-17)20(25)21-11-15-6-7-16(12-21)22(19(15)24)10-14-4-2-1-3-5-14/h1-5,8-9,15-16,23H,6-7,10-13H2/t15-,16+/m0/s1. The highest BCUT2D eigenvalue weighted by Gasteiger charge is 2.42. The van der Waals surface area contributed by atoms with Gasteiger partial charge in [0, 0.05) is 25.7 Å². The van der Waals surface area contributed by atoms with Gasteiger partial charge >= 0.3 is 0 Å². The Morgan fingerprint density at radius 1 is 1.12 bits per heavy atom. The third-order valence-corrected chi connectivity index (χ3v) is 5.30. The second kappa shape index (κ2) is 6.96. The maximum atomic E-state index is 12.9. The Morgan fingerprint density at radius 3 is 2.65 bits per heavy atom. The molecule has 1 aromatic heterocycles. The molecule has 0 unspecified atom stereocenters. The van der Waals surface area contributed by atoms with E-state index in [0.717, 1.165) is 18.4 Å². The van der Waals surface area contributed by atoms with E-state index in [4.69, 9.17) is 9.52 Å². The number of amides is 2. The third-order valence-electron chi connectivity index (χ3n) is 5.30. The molecule has 6 nitrogen and oxygen atoms in total. The summed E-state index contributed by atoms with van der Waals surface area (Å²) in [6.45, 7) is 1.29. The van der Waals surface area contributed by atoms with E-state index in [1.165, 1.54) is 0 Å². The highest BCUT2D eigenvalue weighted by atomic mass is 16.4. The summed E-state index contributed by atoms with van der Waals surface area (Å²) in [6, 6.07) is 13.2. The summed E-state index contributed by atoms with van der Waals surface area (Å²) in [4.78, 5) is 29.3. The maximum absolute atomic E-state index is 12.9. The van der Waals surface area contributed by atoms with Gasteiger partial charge in [-0.25, -0.2) is 0 Å². The van der Waals surface area contributed by atoms with Crippen LogP contribution in [-0.2, 0) is 17.9 Å². The molecule has 1 N–H and O–H groups in total. The molecule has 26 heavy (non-hydrogen) atoms. The number of fused-ring (bicyclic) bond motifs is 4. The molecule has 2 bridgehead atoms. The molecule has 3 saturated heterocycles. The molecule has 3 aliphatic rings. The molecule has 136 valence electrons. The van der Waals surface area contributed by atoms with E-state index in [-0.39, 0.29) is 36.1 Å². The zero-order valence-corrected chi connectivity index (χ0v) is 14.5. The van der Waals surface area contributed by atoms with Crippen molar-refractivity contribution in [2.45, 2.75) is 32.0 Å². The van der Waals surface area contributed by atoms with Gasteiger partial charge in [-0.3, -0.25) is 9.59 Å². The summed E-state index contributed by atoms with van der Waals surface area (Å²) in [5.74, 6) is 0.353. The van der Waals surface area contributed by atoms with Crippen molar-refractivity contribution < 1.29 is 19.1 Å². The summed E-state index contributed by atoms with van der Waals surface area (Å²) >= 11 is 0. The molecular weight excluding hydrogens is 332 g/mol. The number of furan rings is 1. The van der Waals surface area contributed by atoms with Gasteiger partial charge in [-0.1, -0.05) is 30.3 Å². The van der Waals surface area contributed by atoms with Crippen LogP contribution in [0.4, 0.5) is 0 Å². The average Bonchev–Trinajstić information content (AvgIpc) is 2.99. The number of hydrogen-bond donors (Lipinski definition) is 1. The lowest BCUT2D eigenvalue weighted by Gasteiger charge is -2.36. The van der Waals surface area contributed by atoms with Crippen LogP contribution < -0.4 is 0 Å². The number of hydrogen-bond acceptors (Lipinski definition) is 4. The van der Waals surface area contributed by atoms with Crippen molar-refractivity contribution in [2.24, 2.45) is 5.92 Å². The van der Waals surface area contributed by atoms with Crippen LogP contribution >= 0.6 is 0 Å². The van der Waals surface area contributed by atoms with Crippen molar-refractivity contribution in [1.82, 2.24) is 9.80 Å². The Balaban J connectivity index is 1.53. The number of piperidine rings is 1. The van der Waals surface area contributed by atoms with E-state index in [2.05, 4.69) is 0 Å². The summed E-state index contributed by atoms with van der Waals surface area (Å²) in [6.07, 6.45) is 1.73. The van der Waals surface area contributed by atoms with E-state index in [1.807, 2.05) is 35.2 Å². The van der Waals surface area contributed by atoms with Crippen LogP contribution in [0.25, 0.3) is 0 Å². The van der Waals surface area contributed by atoms with Crippen LogP contribution in [0.3, 0.4) is 0 Å². The normalized spacial score (nSPS) is 22.6. The van der Waals surface area contributed by atoms with Gasteiger partial charge < -0.3 is 19.3 Å². The molecule has 1 aromatic carbocycles. The predicted octanol–water partition coefficient (Wildman–Crippen LogP) is 2.04. The topological polar surface area (TPSA) is 74.0 Å². The molecule has 0 radical (unpaired) electrons. The van der Waals surface area contributed by atoms with Gasteiger partial charge in [-0.2, -0.15) is 0 Å². The van der Waals surface area contributed by atoms with Crippen LogP contribution in [0.5, 0.6) is 0 Å². The first-order chi connectivity index (χ1) is 12.7. The summed E-state index contributed by atoms with van der Waals surface area (Å²) < 4.78 is 5.39. The van der Waals surface area contributed by atoms with Crippen LogP contribution in [0, 0.1) is 5.92 Å². The van der Waals surface area contributed by atoms with Crippen LogP contribution in [0.1, 0.15) is 34.7 Å². The van der Waals surface area contributed by atoms with Crippen molar-refractivity contribution in [3.8, 4) is 0 Å². The average molecular weight is 354 g/mol. The SMILES string of the molecule is O=C(c1ccc(CO)o1)N1C[C@@H]2CC[C@H](C1)N(Cc1ccccc1)C2=O. The molecular formula is C20H22N2O4. The molecule has 0 saturated carbocycles. The second-order valence-corrected chi connectivity index (χ2v) is 7.01. The quantitative estimate of drug-likeness (QED) is 0.912. The molecule has 3 fully saturated rings. The number of aliphatic hydroxyl groups is 1. The fraction of sp³-hybridized carbons (Fsp3) is 0.400. The first-order valence-corrected chi connectivity index (χ1v) is 8.99. The second-order valence-electron chi connectivity index (χ2n) is 7.01. The van der Waals surface area contributed by atoms with Crippen molar-refractivity contribution in [1.29, 1.82) is 0 Å². The fourth-order valence-corrected chi connectivity index (χ4v) is 3.93. The molecule has 0 aliphatic carbocycles. The molecule has 6 heteroatoms. The number of carbonyl (C=O) groups excluding carboxylic acids is 2. The monoisotopic (exact) mass is 354 g/mol. The molecule has 2 atom stereocenters. The lowest BCUT2D eigenvalue weighted by atomic mass is 9.93. The molecule has 0 spiro atoms. The van der Waals surface area contributed by atoms with Gasteiger partial charge in [0.25, 0.3) is 5.91 Å². The van der Waals surface area contributed by atoms with Gasteiger partial charge in [0.05, 0.1) is 5.92 Å². The first-order valence-electron chi connectivity index (χ1n) is 8.99. The fourth-order valence-electron chi connectivity index (χ4n) is 3.93. The van der Waals surface area contributed by atoms with E-state index >= 15 is 0 Å². The number of aliphatic hydroxyl groups excluding tert-OH is 1. The van der Waals surface area contributed by atoms with Crippen molar-refractivity contribution in [2.75, 3.05) is 13.1 Å². The third kappa shape index (κ3) is 3.12. The van der Waals surface area contributed by atoms with Crippen molar-refractivity contribution in [3.05, 3.63) is 59.5 Å². The molecule has 4 heterocycles. The first kappa shape index (κ1) is 16.8. The van der Waals surface area contributed by atoms with Crippen molar-refractivity contribution >= 4 is 11.8 Å². The Bertz CT molecular complexity index is 801. The molecule has 5 rings (SSSR count).